The highest BCUT2D eigenvalue weighted by Gasteiger charge is 2.11. The number of fused-ring (bicyclic) bond motifs is 1. The van der Waals surface area contributed by atoms with Crippen LogP contribution in [0.4, 0.5) is 0 Å². The predicted octanol–water partition coefficient (Wildman–Crippen LogP) is 3.05. The molecule has 0 spiro atoms. The van der Waals surface area contributed by atoms with E-state index in [1.807, 2.05) is 30.5 Å². The first-order valence-corrected chi connectivity index (χ1v) is 6.64. The predicted molar refractivity (Wildman–Crippen MR) is 74.6 cm³/mol. The lowest BCUT2D eigenvalue weighted by Crippen LogP contribution is -2.11. The van der Waals surface area contributed by atoms with E-state index in [1.54, 1.807) is 17.5 Å². The molecule has 1 atom stereocenters. The van der Waals surface area contributed by atoms with Gasteiger partial charge in [-0.05, 0) is 30.7 Å². The second kappa shape index (κ2) is 4.48. The average molecular weight is 255 g/mol. The normalized spacial score (nSPS) is 12.8. The molecule has 0 fully saturated rings. The van der Waals surface area contributed by atoms with E-state index in [2.05, 4.69) is 22.1 Å². The van der Waals surface area contributed by atoms with E-state index in [-0.39, 0.29) is 6.04 Å². The second-order valence-corrected chi connectivity index (χ2v) is 5.18. The van der Waals surface area contributed by atoms with Gasteiger partial charge in [0.25, 0.3) is 0 Å². The third kappa shape index (κ3) is 2.00. The number of hydrogen-bond donors (Lipinski definition) is 1. The smallest absolute Gasteiger partial charge is 0.114 e. The van der Waals surface area contributed by atoms with E-state index in [0.717, 1.165) is 27.2 Å². The first-order chi connectivity index (χ1) is 8.74. The molecule has 90 valence electrons. The quantitative estimate of drug-likeness (QED) is 0.765. The maximum Gasteiger partial charge on any atom is 0.114 e. The molecule has 4 heteroatoms. The highest BCUT2D eigenvalue weighted by molar-refractivity contribution is 7.09. The molecular weight excluding hydrogens is 242 g/mol. The van der Waals surface area contributed by atoms with Gasteiger partial charge in [0, 0.05) is 22.7 Å². The van der Waals surface area contributed by atoms with Gasteiger partial charge in [-0.25, -0.2) is 4.98 Å². The minimum Gasteiger partial charge on any atom is -0.318 e. The fourth-order valence-electron chi connectivity index (χ4n) is 1.97. The number of nitrogens with zero attached hydrogens (tertiary/aromatic N) is 2. The molecule has 2 heterocycles. The maximum absolute atomic E-state index is 6.21. The molecule has 2 N–H and O–H groups in total. The number of benzene rings is 1. The summed E-state index contributed by atoms with van der Waals surface area (Å²) >= 11 is 1.58. The van der Waals surface area contributed by atoms with Crippen LogP contribution in [0.2, 0.25) is 0 Å². The molecular formula is C14H13N3S. The topological polar surface area (TPSA) is 51.8 Å². The minimum absolute atomic E-state index is 0.157. The summed E-state index contributed by atoms with van der Waals surface area (Å²) in [7, 11) is 0. The van der Waals surface area contributed by atoms with Crippen molar-refractivity contribution in [2.75, 3.05) is 0 Å². The third-order valence-electron chi connectivity index (χ3n) is 2.93. The molecule has 3 rings (SSSR count). The molecule has 3 nitrogen and oxygen atoms in total. The van der Waals surface area contributed by atoms with Crippen molar-refractivity contribution in [2.24, 2.45) is 5.73 Å². The molecule has 0 aliphatic heterocycles. The molecule has 0 aliphatic rings. The summed E-state index contributed by atoms with van der Waals surface area (Å²) in [5, 5.41) is 4.00. The lowest BCUT2D eigenvalue weighted by atomic mass is 10.0. The van der Waals surface area contributed by atoms with Gasteiger partial charge in [0.1, 0.15) is 5.01 Å². The fraction of sp³-hybridized carbons (Fsp3) is 0.143. The lowest BCUT2D eigenvalue weighted by Gasteiger charge is -2.10. The molecule has 0 amide bonds. The van der Waals surface area contributed by atoms with Crippen LogP contribution in [0.15, 0.2) is 41.9 Å². The van der Waals surface area contributed by atoms with Crippen LogP contribution in [0.1, 0.15) is 22.3 Å². The van der Waals surface area contributed by atoms with Crippen molar-refractivity contribution in [2.45, 2.75) is 13.0 Å². The van der Waals surface area contributed by atoms with Gasteiger partial charge in [-0.1, -0.05) is 12.1 Å². The molecule has 18 heavy (non-hydrogen) atoms. The Bertz CT molecular complexity index is 677. The van der Waals surface area contributed by atoms with Crippen molar-refractivity contribution in [1.29, 1.82) is 0 Å². The Hall–Kier alpha value is -1.78. The van der Waals surface area contributed by atoms with E-state index in [4.69, 9.17) is 5.73 Å². The van der Waals surface area contributed by atoms with Crippen LogP contribution in [0, 0.1) is 6.92 Å². The summed E-state index contributed by atoms with van der Waals surface area (Å²) in [6.45, 7) is 1.99. The molecule has 0 radical (unpaired) electrons. The molecule has 3 aromatic rings. The van der Waals surface area contributed by atoms with Crippen molar-refractivity contribution in [3.05, 3.63) is 58.2 Å². The van der Waals surface area contributed by atoms with Crippen LogP contribution in [0.3, 0.4) is 0 Å². The molecule has 0 bridgehead atoms. The Balaban J connectivity index is 2.06. The van der Waals surface area contributed by atoms with Crippen LogP contribution in [0.25, 0.3) is 10.9 Å². The van der Waals surface area contributed by atoms with E-state index >= 15 is 0 Å². The van der Waals surface area contributed by atoms with Gasteiger partial charge >= 0.3 is 0 Å². The van der Waals surface area contributed by atoms with Gasteiger partial charge in [0.05, 0.1) is 11.6 Å². The van der Waals surface area contributed by atoms with Gasteiger partial charge in [-0.2, -0.15) is 0 Å². The summed E-state index contributed by atoms with van der Waals surface area (Å²) in [6.07, 6.45) is 1.78. The third-order valence-corrected chi connectivity index (χ3v) is 3.79. The highest BCUT2D eigenvalue weighted by atomic mass is 32.1. The van der Waals surface area contributed by atoms with Gasteiger partial charge in [0.15, 0.2) is 0 Å². The van der Waals surface area contributed by atoms with Crippen molar-refractivity contribution in [1.82, 2.24) is 9.97 Å². The standard InChI is InChI=1S/C14H13N3S/c1-9-2-3-10-8-11(4-5-12(10)17-9)13(15)14-16-6-7-18-14/h2-8,13H,15H2,1H3. The number of thiazole rings is 1. The molecule has 0 saturated carbocycles. The average Bonchev–Trinajstić information content (AvgIpc) is 2.91. The van der Waals surface area contributed by atoms with Gasteiger partial charge in [0.2, 0.25) is 0 Å². The fourth-order valence-corrected chi connectivity index (χ4v) is 2.64. The van der Waals surface area contributed by atoms with E-state index in [9.17, 15) is 0 Å². The summed E-state index contributed by atoms with van der Waals surface area (Å²) in [6, 6.07) is 10.1. The largest absolute Gasteiger partial charge is 0.318 e. The number of nitrogens with two attached hydrogens (primary N) is 1. The van der Waals surface area contributed by atoms with Crippen molar-refractivity contribution < 1.29 is 0 Å². The monoisotopic (exact) mass is 255 g/mol. The molecule has 1 unspecified atom stereocenters. The molecule has 0 aliphatic carbocycles. The highest BCUT2D eigenvalue weighted by Crippen LogP contribution is 2.24. The SMILES string of the molecule is Cc1ccc2cc(C(N)c3nccs3)ccc2n1. The molecule has 1 aromatic carbocycles. The number of aromatic nitrogens is 2. The van der Waals surface area contributed by atoms with Crippen LogP contribution in [-0.2, 0) is 0 Å². The van der Waals surface area contributed by atoms with Crippen molar-refractivity contribution in [3.63, 3.8) is 0 Å². The van der Waals surface area contributed by atoms with Crippen LogP contribution >= 0.6 is 11.3 Å². The Morgan fingerprint density at radius 2 is 2.11 bits per heavy atom. The van der Waals surface area contributed by atoms with Crippen LogP contribution < -0.4 is 5.73 Å². The Kier molecular flexibility index (Phi) is 2.81. The lowest BCUT2D eigenvalue weighted by molar-refractivity contribution is 0.859. The summed E-state index contributed by atoms with van der Waals surface area (Å²) in [4.78, 5) is 8.75. The van der Waals surface area contributed by atoms with Crippen molar-refractivity contribution >= 4 is 22.2 Å². The second-order valence-electron chi connectivity index (χ2n) is 4.25. The van der Waals surface area contributed by atoms with Gasteiger partial charge in [-0.15, -0.1) is 11.3 Å². The molecule has 0 saturated heterocycles. The first-order valence-electron chi connectivity index (χ1n) is 5.76. The Labute approximate surface area is 109 Å². The van der Waals surface area contributed by atoms with E-state index < -0.39 is 0 Å². The summed E-state index contributed by atoms with van der Waals surface area (Å²) in [5.74, 6) is 0. The maximum atomic E-state index is 6.21. The van der Waals surface area contributed by atoms with E-state index in [0.29, 0.717) is 0 Å². The first kappa shape index (κ1) is 11.3. The number of hydrogen-bond acceptors (Lipinski definition) is 4. The van der Waals surface area contributed by atoms with Gasteiger partial charge in [-0.3, -0.25) is 4.98 Å². The zero-order valence-corrected chi connectivity index (χ0v) is 10.8. The molecule has 2 aromatic heterocycles. The summed E-state index contributed by atoms with van der Waals surface area (Å²) < 4.78 is 0. The number of pyridine rings is 1. The van der Waals surface area contributed by atoms with Crippen molar-refractivity contribution in [3.8, 4) is 0 Å². The van der Waals surface area contributed by atoms with Crippen LogP contribution in [-0.4, -0.2) is 9.97 Å². The van der Waals surface area contributed by atoms with E-state index in [1.165, 1.54) is 0 Å². The zero-order valence-electron chi connectivity index (χ0n) is 10.00. The minimum atomic E-state index is -0.157. The number of aryl methyl sites for hydroxylation is 1. The van der Waals surface area contributed by atoms with Gasteiger partial charge < -0.3 is 5.73 Å². The number of rotatable bonds is 2. The Morgan fingerprint density at radius 1 is 1.22 bits per heavy atom. The Morgan fingerprint density at radius 3 is 2.89 bits per heavy atom. The summed E-state index contributed by atoms with van der Waals surface area (Å²) in [5.41, 5.74) is 9.31. The van der Waals surface area contributed by atoms with Crippen LogP contribution in [0.5, 0.6) is 0 Å². The zero-order chi connectivity index (χ0) is 12.5.